The summed E-state index contributed by atoms with van der Waals surface area (Å²) in [6, 6.07) is 5.86. The average Bonchev–Trinajstić information content (AvgIpc) is 3.65. The number of amides is 7. The van der Waals surface area contributed by atoms with Gasteiger partial charge in [0, 0.05) is 54.3 Å². The number of thiol groups is 2. The Hall–Kier alpha value is -5.68. The molecule has 1 aliphatic rings. The third kappa shape index (κ3) is 12.0. The van der Waals surface area contributed by atoms with Crippen LogP contribution in [0.2, 0.25) is 0 Å². The second-order valence-corrected chi connectivity index (χ2v) is 15.6. The Labute approximate surface area is 368 Å². The number of hydrogen-bond donors (Lipinski definition) is 13. The standard InChI is InChI=1S/C40H54N10O10S2/c1-21(51)33(34(42)55)49-38(59)30(19-61)47-35(56)27(8-4-5-15-41)45-37(58)29(17-23-18-44-26-7-3-2-6-25(23)26)46-36(57)28(16-22-9-11-24(52)12-10-22)48-39(60)40(20-62)31(53)13-14-32(54)50(40)43/h2-3,6-7,9-12,18,21,27-30,33,44,51-52,61-62H,4-5,8,13-17,19-20,41,43H2,1H3,(H2,42,55)(H,45,58)(H,46,57)(H,47,56)(H,48,60)(H,49,59)/t21-,27+,28+,29-,30+,33+,40-/m1/s1. The van der Waals surface area contributed by atoms with Crippen molar-refractivity contribution in [1.82, 2.24) is 36.6 Å². The number of hydrogen-bond acceptors (Lipinski definition) is 14. The van der Waals surface area contributed by atoms with Crippen LogP contribution in [0.15, 0.2) is 54.7 Å². The van der Waals surface area contributed by atoms with Crippen LogP contribution < -0.4 is 43.9 Å². The predicted octanol–water partition coefficient (Wildman–Crippen LogP) is -2.26. The first-order valence-corrected chi connectivity index (χ1v) is 21.1. The van der Waals surface area contributed by atoms with Gasteiger partial charge in [-0.1, -0.05) is 30.3 Å². The first-order valence-electron chi connectivity index (χ1n) is 19.8. The molecule has 0 saturated carbocycles. The molecule has 336 valence electrons. The number of hydrazine groups is 1. The fourth-order valence-corrected chi connectivity index (χ4v) is 7.64. The average molecular weight is 899 g/mol. The van der Waals surface area contributed by atoms with Gasteiger partial charge >= 0.3 is 0 Å². The number of nitrogens with two attached hydrogens (primary N) is 3. The molecule has 0 unspecified atom stereocenters. The molecule has 2 aromatic carbocycles. The van der Waals surface area contributed by atoms with Gasteiger partial charge in [0.25, 0.3) is 5.91 Å². The molecular weight excluding hydrogens is 845 g/mol. The number of primary amides is 1. The lowest BCUT2D eigenvalue weighted by Crippen LogP contribution is -2.72. The van der Waals surface area contributed by atoms with E-state index in [2.05, 4.69) is 56.8 Å². The van der Waals surface area contributed by atoms with E-state index >= 15 is 0 Å². The van der Waals surface area contributed by atoms with E-state index in [1.807, 2.05) is 6.07 Å². The lowest BCUT2D eigenvalue weighted by molar-refractivity contribution is -0.159. The van der Waals surface area contributed by atoms with Crippen molar-refractivity contribution in [1.29, 1.82) is 0 Å². The monoisotopic (exact) mass is 898 g/mol. The summed E-state index contributed by atoms with van der Waals surface area (Å²) in [5, 5.41) is 33.8. The zero-order valence-electron chi connectivity index (χ0n) is 34.0. The minimum atomic E-state index is -2.25. The second-order valence-electron chi connectivity index (χ2n) is 14.9. The number of aromatic nitrogens is 1. The largest absolute Gasteiger partial charge is 0.508 e. The van der Waals surface area contributed by atoms with Crippen LogP contribution in [0.3, 0.4) is 0 Å². The highest BCUT2D eigenvalue weighted by Crippen LogP contribution is 2.26. The Kier molecular flexibility index (Phi) is 17.7. The Balaban J connectivity index is 1.68. The Bertz CT molecular complexity index is 2120. The van der Waals surface area contributed by atoms with Crippen molar-refractivity contribution < 1.29 is 48.6 Å². The zero-order chi connectivity index (χ0) is 45.7. The highest BCUT2D eigenvalue weighted by molar-refractivity contribution is 7.80. The van der Waals surface area contributed by atoms with E-state index < -0.39 is 94.7 Å². The third-order valence-corrected chi connectivity index (χ3v) is 11.3. The molecule has 1 fully saturated rings. The van der Waals surface area contributed by atoms with Crippen LogP contribution in [0.1, 0.15) is 50.2 Å². The molecular formula is C40H54N10O10S2. The predicted molar refractivity (Wildman–Crippen MR) is 233 cm³/mol. The van der Waals surface area contributed by atoms with Gasteiger partial charge in [0.15, 0.2) is 5.78 Å². The number of aromatic amines is 1. The number of ketones is 1. The van der Waals surface area contributed by atoms with E-state index in [0.717, 1.165) is 10.9 Å². The fraction of sp³-hybridized carbons (Fsp3) is 0.450. The summed E-state index contributed by atoms with van der Waals surface area (Å²) in [4.78, 5) is 111. The molecule has 0 radical (unpaired) electrons. The smallest absolute Gasteiger partial charge is 0.256 e. The van der Waals surface area contributed by atoms with E-state index in [1.54, 1.807) is 24.4 Å². The number of unbranched alkanes of at least 4 members (excludes halogenated alkanes) is 1. The zero-order valence-corrected chi connectivity index (χ0v) is 35.8. The molecule has 4 rings (SSSR count). The summed E-state index contributed by atoms with van der Waals surface area (Å²) in [5.41, 5.74) is 10.5. The summed E-state index contributed by atoms with van der Waals surface area (Å²) in [6.45, 7) is 1.51. The van der Waals surface area contributed by atoms with Crippen LogP contribution in [0.4, 0.5) is 0 Å². The minimum absolute atomic E-state index is 0.0364. The molecule has 1 saturated heterocycles. The topological polar surface area (TPSA) is 334 Å². The number of H-pyrrole nitrogens is 1. The number of Topliss-reactive ketones (excluding diaryl/α,β-unsaturated/α-hetero) is 1. The number of para-hydroxylation sites is 1. The molecule has 2 heterocycles. The van der Waals surface area contributed by atoms with Gasteiger partial charge in [-0.2, -0.15) is 25.3 Å². The van der Waals surface area contributed by atoms with Gasteiger partial charge in [-0.15, -0.1) is 0 Å². The lowest BCUT2D eigenvalue weighted by atomic mass is 9.86. The molecule has 62 heavy (non-hydrogen) atoms. The van der Waals surface area contributed by atoms with Gasteiger partial charge in [0.1, 0.15) is 36.0 Å². The number of fused-ring (bicyclic) bond motifs is 1. The summed E-state index contributed by atoms with van der Waals surface area (Å²) in [7, 11) is 0. The number of nitrogens with zero attached hydrogens (tertiary/aromatic N) is 1. The molecule has 0 spiro atoms. The summed E-state index contributed by atoms with van der Waals surface area (Å²) >= 11 is 8.38. The van der Waals surface area contributed by atoms with Crippen LogP contribution in [-0.4, -0.2) is 127 Å². The fourth-order valence-electron chi connectivity index (χ4n) is 6.91. The molecule has 0 aliphatic carbocycles. The number of phenols is 1. The van der Waals surface area contributed by atoms with Crippen LogP contribution in [0, 0.1) is 0 Å². The van der Waals surface area contributed by atoms with Crippen molar-refractivity contribution in [2.45, 2.75) is 93.7 Å². The number of nitrogens with one attached hydrogen (secondary N) is 6. The molecule has 1 aliphatic heterocycles. The van der Waals surface area contributed by atoms with E-state index in [1.165, 1.54) is 31.2 Å². The number of benzene rings is 2. The number of carbonyl (C=O) groups is 8. The summed E-state index contributed by atoms with van der Waals surface area (Å²) < 4.78 is 0. The summed E-state index contributed by atoms with van der Waals surface area (Å²) in [5.74, 6) is -1.75. The van der Waals surface area contributed by atoms with Crippen molar-refractivity contribution in [2.75, 3.05) is 18.1 Å². The number of phenolic OH excluding ortho intramolecular Hbond substituents is 1. The number of rotatable bonds is 22. The first kappa shape index (κ1) is 49.0. The normalized spacial score (nSPS) is 18.1. The number of aliphatic hydroxyl groups excluding tert-OH is 1. The SMILES string of the molecule is C[C@@H](O)[C@H](NC(=O)[C@H](CS)NC(=O)[C@H](CCCCN)NC(=O)[C@@H](Cc1c[nH]c2ccccc12)NC(=O)[C@H](Cc1ccc(O)cc1)NC(=O)[C@@]1(CS)C(=O)CCC(=O)N1N)C(N)=O. The molecule has 0 bridgehead atoms. The van der Waals surface area contributed by atoms with Gasteiger partial charge in [-0.25, -0.2) is 5.84 Å². The van der Waals surface area contributed by atoms with Gasteiger partial charge in [-0.05, 0) is 62.1 Å². The maximum atomic E-state index is 14.5. The molecule has 3 aromatic rings. The number of aliphatic hydroxyl groups is 1. The highest BCUT2D eigenvalue weighted by Gasteiger charge is 2.54. The molecule has 7 amide bonds. The maximum absolute atomic E-state index is 14.5. The van der Waals surface area contributed by atoms with E-state index in [4.69, 9.17) is 17.3 Å². The molecule has 22 heteroatoms. The summed E-state index contributed by atoms with van der Waals surface area (Å²) in [6.07, 6.45) is 0.256. The van der Waals surface area contributed by atoms with Crippen molar-refractivity contribution in [3.63, 3.8) is 0 Å². The minimum Gasteiger partial charge on any atom is -0.508 e. The Morgan fingerprint density at radius 2 is 1.42 bits per heavy atom. The molecule has 7 atom stereocenters. The molecule has 14 N–H and O–H groups in total. The number of piperidine rings is 1. The van der Waals surface area contributed by atoms with Gasteiger partial charge in [0.05, 0.1) is 6.10 Å². The van der Waals surface area contributed by atoms with E-state index in [-0.39, 0.29) is 50.2 Å². The van der Waals surface area contributed by atoms with Crippen LogP contribution in [-0.2, 0) is 51.2 Å². The Morgan fingerprint density at radius 3 is 2.03 bits per heavy atom. The first-order chi connectivity index (χ1) is 29.5. The van der Waals surface area contributed by atoms with Crippen LogP contribution in [0.25, 0.3) is 10.9 Å². The third-order valence-electron chi connectivity index (χ3n) is 10.5. The highest BCUT2D eigenvalue weighted by atomic mass is 32.1. The van der Waals surface area contributed by atoms with Crippen molar-refractivity contribution in [3.05, 3.63) is 65.9 Å². The lowest BCUT2D eigenvalue weighted by Gasteiger charge is -2.41. The van der Waals surface area contributed by atoms with Crippen molar-refractivity contribution >= 4 is 83.3 Å². The molecule has 1 aromatic heterocycles. The Morgan fingerprint density at radius 1 is 0.823 bits per heavy atom. The van der Waals surface area contributed by atoms with Crippen molar-refractivity contribution in [3.8, 4) is 5.75 Å². The van der Waals surface area contributed by atoms with Crippen LogP contribution in [0.5, 0.6) is 5.75 Å². The van der Waals surface area contributed by atoms with Crippen LogP contribution >= 0.6 is 25.3 Å². The van der Waals surface area contributed by atoms with Gasteiger partial charge in [-0.3, -0.25) is 43.4 Å². The van der Waals surface area contributed by atoms with E-state index in [9.17, 15) is 48.6 Å². The number of aromatic hydroxyl groups is 1. The quantitative estimate of drug-likeness (QED) is 0.0167. The maximum Gasteiger partial charge on any atom is 0.256 e. The van der Waals surface area contributed by atoms with Gasteiger partial charge in [0.2, 0.25) is 41.0 Å². The van der Waals surface area contributed by atoms with Crippen molar-refractivity contribution in [2.24, 2.45) is 17.3 Å². The second kappa shape index (κ2) is 22.4. The van der Waals surface area contributed by atoms with Gasteiger partial charge < -0.3 is 53.2 Å². The number of carbonyl (C=O) groups excluding carboxylic acids is 8. The van der Waals surface area contributed by atoms with E-state index in [0.29, 0.717) is 29.0 Å². The molecule has 20 nitrogen and oxygen atoms in total.